The SMILES string of the molecule is Cc1cc(Cl)cc(C(/C=C/c2ccc(C(N)=O)cc2)C(F)(F)F)c1. The Balaban J connectivity index is 2.34. The van der Waals surface area contributed by atoms with E-state index in [1.165, 1.54) is 42.5 Å². The quantitative estimate of drug-likeness (QED) is 0.815. The van der Waals surface area contributed by atoms with Crippen LogP contribution in [0.5, 0.6) is 0 Å². The molecule has 6 heteroatoms. The second-order valence-electron chi connectivity index (χ2n) is 5.43. The van der Waals surface area contributed by atoms with Crippen LogP contribution in [0.1, 0.15) is 33.0 Å². The van der Waals surface area contributed by atoms with Gasteiger partial charge in [0.25, 0.3) is 0 Å². The summed E-state index contributed by atoms with van der Waals surface area (Å²) in [4.78, 5) is 11.0. The molecule has 0 fully saturated rings. The predicted molar refractivity (Wildman–Crippen MR) is 89.0 cm³/mol. The molecule has 2 aromatic carbocycles. The molecule has 1 amide bonds. The van der Waals surface area contributed by atoms with E-state index in [0.717, 1.165) is 6.08 Å². The van der Waals surface area contributed by atoms with Crippen LogP contribution >= 0.6 is 11.6 Å². The first-order valence-corrected chi connectivity index (χ1v) is 7.46. The Morgan fingerprint density at radius 1 is 1.17 bits per heavy atom. The van der Waals surface area contributed by atoms with Gasteiger partial charge in [-0.2, -0.15) is 13.2 Å². The Morgan fingerprint density at radius 2 is 1.79 bits per heavy atom. The maximum absolute atomic E-state index is 13.4. The molecule has 2 nitrogen and oxygen atoms in total. The summed E-state index contributed by atoms with van der Waals surface area (Å²) in [5, 5.41) is 0.262. The summed E-state index contributed by atoms with van der Waals surface area (Å²) in [6.07, 6.45) is -2.01. The Bertz CT molecular complexity index is 747. The molecule has 126 valence electrons. The Kier molecular flexibility index (Phi) is 5.34. The highest BCUT2D eigenvalue weighted by molar-refractivity contribution is 6.30. The number of nitrogens with two attached hydrogens (primary N) is 1. The van der Waals surface area contributed by atoms with E-state index in [1.807, 2.05) is 0 Å². The van der Waals surface area contributed by atoms with Crippen molar-refractivity contribution in [2.24, 2.45) is 5.73 Å². The van der Waals surface area contributed by atoms with Crippen molar-refractivity contribution in [2.45, 2.75) is 19.0 Å². The van der Waals surface area contributed by atoms with E-state index >= 15 is 0 Å². The third kappa shape index (κ3) is 4.61. The van der Waals surface area contributed by atoms with Crippen molar-refractivity contribution in [3.8, 4) is 0 Å². The van der Waals surface area contributed by atoms with Crippen LogP contribution < -0.4 is 5.73 Å². The molecular weight excluding hydrogens is 339 g/mol. The largest absolute Gasteiger partial charge is 0.399 e. The molecule has 0 aromatic heterocycles. The molecule has 1 unspecified atom stereocenters. The van der Waals surface area contributed by atoms with Crippen molar-refractivity contribution >= 4 is 23.6 Å². The highest BCUT2D eigenvalue weighted by Gasteiger charge is 2.39. The molecule has 0 aliphatic carbocycles. The summed E-state index contributed by atoms with van der Waals surface area (Å²) in [5.41, 5.74) is 6.70. The van der Waals surface area contributed by atoms with Gasteiger partial charge in [0, 0.05) is 10.6 Å². The van der Waals surface area contributed by atoms with Crippen molar-refractivity contribution in [1.29, 1.82) is 0 Å². The number of carbonyl (C=O) groups excluding carboxylic acids is 1. The van der Waals surface area contributed by atoms with Gasteiger partial charge in [0.2, 0.25) is 5.91 Å². The average Bonchev–Trinajstić information content (AvgIpc) is 2.45. The minimum absolute atomic E-state index is 0.0810. The van der Waals surface area contributed by atoms with Crippen molar-refractivity contribution < 1.29 is 18.0 Å². The van der Waals surface area contributed by atoms with Crippen LogP contribution in [0, 0.1) is 6.92 Å². The zero-order valence-corrected chi connectivity index (χ0v) is 13.5. The first-order chi connectivity index (χ1) is 11.2. The molecule has 0 spiro atoms. The maximum Gasteiger partial charge on any atom is 0.399 e. The molecule has 0 bridgehead atoms. The molecule has 0 saturated carbocycles. The van der Waals surface area contributed by atoms with Crippen LogP contribution in [0.3, 0.4) is 0 Å². The third-order valence-corrected chi connectivity index (χ3v) is 3.67. The molecule has 24 heavy (non-hydrogen) atoms. The third-order valence-electron chi connectivity index (χ3n) is 3.45. The molecule has 2 N–H and O–H groups in total. The number of rotatable bonds is 4. The number of benzene rings is 2. The topological polar surface area (TPSA) is 43.1 Å². The van der Waals surface area contributed by atoms with Gasteiger partial charge >= 0.3 is 6.18 Å². The lowest BCUT2D eigenvalue weighted by atomic mass is 9.95. The van der Waals surface area contributed by atoms with Gasteiger partial charge in [-0.05, 0) is 47.9 Å². The molecule has 1 atom stereocenters. The average molecular weight is 354 g/mol. The van der Waals surface area contributed by atoms with Gasteiger partial charge < -0.3 is 5.73 Å². The minimum Gasteiger partial charge on any atom is -0.366 e. The van der Waals surface area contributed by atoms with E-state index in [-0.39, 0.29) is 10.6 Å². The lowest BCUT2D eigenvalue weighted by molar-refractivity contribution is -0.139. The summed E-state index contributed by atoms with van der Waals surface area (Å²) in [6, 6.07) is 10.4. The predicted octanol–water partition coefficient (Wildman–Crippen LogP) is 5.11. The zero-order chi connectivity index (χ0) is 17.9. The van der Waals surface area contributed by atoms with E-state index in [9.17, 15) is 18.0 Å². The zero-order valence-electron chi connectivity index (χ0n) is 12.8. The van der Waals surface area contributed by atoms with Gasteiger partial charge in [0.15, 0.2) is 0 Å². The highest BCUT2D eigenvalue weighted by atomic mass is 35.5. The monoisotopic (exact) mass is 353 g/mol. The van der Waals surface area contributed by atoms with Gasteiger partial charge in [0.1, 0.15) is 0 Å². The van der Waals surface area contributed by atoms with Crippen molar-refractivity contribution in [1.82, 2.24) is 0 Å². The fraction of sp³-hybridized carbons (Fsp3) is 0.167. The van der Waals surface area contributed by atoms with Crippen LogP contribution in [0.25, 0.3) is 6.08 Å². The van der Waals surface area contributed by atoms with Crippen LogP contribution in [-0.4, -0.2) is 12.1 Å². The Hall–Kier alpha value is -2.27. The van der Waals surface area contributed by atoms with Gasteiger partial charge in [-0.15, -0.1) is 0 Å². The summed E-state index contributed by atoms with van der Waals surface area (Å²) in [5.74, 6) is -2.36. The number of amides is 1. The summed E-state index contributed by atoms with van der Waals surface area (Å²) < 4.78 is 40.2. The first-order valence-electron chi connectivity index (χ1n) is 7.08. The molecule has 0 heterocycles. The van der Waals surface area contributed by atoms with Crippen LogP contribution in [0.2, 0.25) is 5.02 Å². The standard InChI is InChI=1S/C18H15ClF3NO/c1-11-8-14(10-15(19)9-11)16(18(20,21)22)7-4-12-2-5-13(6-3-12)17(23)24/h2-10,16H,1H3,(H2,23,24)/b7-4+. The van der Waals surface area contributed by atoms with Gasteiger partial charge in [-0.1, -0.05) is 42.0 Å². The molecular formula is C18H15ClF3NO. The van der Waals surface area contributed by atoms with Crippen molar-refractivity contribution in [3.63, 3.8) is 0 Å². The summed E-state index contributed by atoms with van der Waals surface area (Å²) in [6.45, 7) is 1.69. The number of alkyl halides is 3. The van der Waals surface area contributed by atoms with Crippen molar-refractivity contribution in [2.75, 3.05) is 0 Å². The maximum atomic E-state index is 13.4. The van der Waals surface area contributed by atoms with E-state index in [4.69, 9.17) is 17.3 Å². The number of hydrogen-bond donors (Lipinski definition) is 1. The molecule has 0 radical (unpaired) electrons. The van der Waals surface area contributed by atoms with Gasteiger partial charge in [0.05, 0.1) is 5.92 Å². The molecule has 2 aromatic rings. The lowest BCUT2D eigenvalue weighted by Crippen LogP contribution is -2.19. The van der Waals surface area contributed by atoms with E-state index in [1.54, 1.807) is 13.0 Å². The van der Waals surface area contributed by atoms with Crippen LogP contribution in [0.15, 0.2) is 48.5 Å². The Labute approximate surface area is 142 Å². The van der Waals surface area contributed by atoms with Gasteiger partial charge in [-0.3, -0.25) is 4.79 Å². The van der Waals surface area contributed by atoms with Crippen LogP contribution in [0.4, 0.5) is 13.2 Å². The van der Waals surface area contributed by atoms with Gasteiger partial charge in [-0.25, -0.2) is 0 Å². The first kappa shape index (κ1) is 18.1. The number of carbonyl (C=O) groups is 1. The highest BCUT2D eigenvalue weighted by Crippen LogP contribution is 2.37. The van der Waals surface area contributed by atoms with E-state index < -0.39 is 18.0 Å². The molecule has 0 aliphatic heterocycles. The normalized spacial score (nSPS) is 13.2. The molecule has 2 rings (SSSR count). The lowest BCUT2D eigenvalue weighted by Gasteiger charge is -2.18. The smallest absolute Gasteiger partial charge is 0.366 e. The molecule has 0 aliphatic rings. The van der Waals surface area contributed by atoms with Crippen LogP contribution in [-0.2, 0) is 0 Å². The fourth-order valence-electron chi connectivity index (χ4n) is 2.32. The number of hydrogen-bond acceptors (Lipinski definition) is 1. The molecule has 0 saturated heterocycles. The summed E-state index contributed by atoms with van der Waals surface area (Å²) >= 11 is 5.87. The number of halogens is 4. The van der Waals surface area contributed by atoms with Crippen molar-refractivity contribution in [3.05, 3.63) is 75.8 Å². The number of allylic oxidation sites excluding steroid dienone is 1. The number of primary amides is 1. The van der Waals surface area contributed by atoms with E-state index in [2.05, 4.69) is 0 Å². The second kappa shape index (κ2) is 7.09. The minimum atomic E-state index is -4.44. The Morgan fingerprint density at radius 3 is 2.29 bits per heavy atom. The fourth-order valence-corrected chi connectivity index (χ4v) is 2.62. The second-order valence-corrected chi connectivity index (χ2v) is 5.86. The van der Waals surface area contributed by atoms with E-state index in [0.29, 0.717) is 16.7 Å². The number of aryl methyl sites for hydroxylation is 1. The summed E-state index contributed by atoms with van der Waals surface area (Å²) in [7, 11) is 0.